The summed E-state index contributed by atoms with van der Waals surface area (Å²) in [7, 11) is 0. The molecule has 0 aromatic rings. The summed E-state index contributed by atoms with van der Waals surface area (Å²) in [6, 6.07) is 0. The van der Waals surface area contributed by atoms with Crippen molar-refractivity contribution in [3.8, 4) is 0 Å². The first kappa shape index (κ1) is 16.5. The Morgan fingerprint density at radius 3 is 2.76 bits per heavy atom. The van der Waals surface area contributed by atoms with Crippen molar-refractivity contribution in [2.75, 3.05) is 13.2 Å². The molecule has 0 bridgehead atoms. The minimum atomic E-state index is -0.0571. The molecule has 0 aromatic carbocycles. The molecule has 1 aliphatic heterocycles. The normalized spacial score (nSPS) is 31.4. The molecule has 3 nitrogen and oxygen atoms in total. The molecule has 1 saturated heterocycles. The van der Waals surface area contributed by atoms with Gasteiger partial charge in [-0.15, -0.1) is 0 Å². The molecular formula is C18H30O3. The maximum atomic E-state index is 12.1. The molecule has 2 rings (SSSR count). The van der Waals surface area contributed by atoms with Crippen LogP contribution in [0.4, 0.5) is 0 Å². The van der Waals surface area contributed by atoms with Gasteiger partial charge >= 0.3 is 5.97 Å². The Morgan fingerprint density at radius 1 is 1.29 bits per heavy atom. The van der Waals surface area contributed by atoms with E-state index in [-0.39, 0.29) is 18.0 Å². The zero-order chi connectivity index (χ0) is 15.2. The molecule has 0 N–H and O–H groups in total. The lowest BCUT2D eigenvalue weighted by Crippen LogP contribution is -2.25. The third-order valence-corrected chi connectivity index (χ3v) is 5.02. The SMILES string of the molecule is C=C1C[C@@H](C(=O)OCC)[C@H]2CO[C@@H](CCCCCCC)[C@@H]12. The second-order valence-electron chi connectivity index (χ2n) is 6.49. The average Bonchev–Trinajstić information content (AvgIpc) is 3.01. The largest absolute Gasteiger partial charge is 0.466 e. The molecule has 2 fully saturated rings. The van der Waals surface area contributed by atoms with E-state index in [0.29, 0.717) is 25.0 Å². The van der Waals surface area contributed by atoms with Gasteiger partial charge in [0, 0.05) is 11.8 Å². The highest BCUT2D eigenvalue weighted by Gasteiger charge is 2.50. The molecular weight excluding hydrogens is 264 g/mol. The second kappa shape index (κ2) is 7.98. The van der Waals surface area contributed by atoms with E-state index in [1.807, 2.05) is 6.92 Å². The molecule has 0 amide bonds. The average molecular weight is 294 g/mol. The van der Waals surface area contributed by atoms with E-state index < -0.39 is 0 Å². The summed E-state index contributed by atoms with van der Waals surface area (Å²) < 4.78 is 11.2. The third kappa shape index (κ3) is 3.88. The number of hydrogen-bond donors (Lipinski definition) is 0. The monoisotopic (exact) mass is 294 g/mol. The van der Waals surface area contributed by atoms with Crippen LogP contribution in [0, 0.1) is 17.8 Å². The zero-order valence-corrected chi connectivity index (χ0v) is 13.6. The Morgan fingerprint density at radius 2 is 2.05 bits per heavy atom. The van der Waals surface area contributed by atoms with Crippen LogP contribution < -0.4 is 0 Å². The van der Waals surface area contributed by atoms with Crippen molar-refractivity contribution >= 4 is 5.97 Å². The summed E-state index contributed by atoms with van der Waals surface area (Å²) in [5.41, 5.74) is 1.20. The van der Waals surface area contributed by atoms with Crippen molar-refractivity contribution in [2.45, 2.75) is 64.9 Å². The predicted molar refractivity (Wildman–Crippen MR) is 84.0 cm³/mol. The van der Waals surface area contributed by atoms with Crippen molar-refractivity contribution in [3.05, 3.63) is 12.2 Å². The van der Waals surface area contributed by atoms with E-state index in [4.69, 9.17) is 9.47 Å². The summed E-state index contributed by atoms with van der Waals surface area (Å²) in [5.74, 6) is 0.605. The molecule has 4 atom stereocenters. The Bertz CT molecular complexity index is 363. The number of hydrogen-bond acceptors (Lipinski definition) is 3. The van der Waals surface area contributed by atoms with Crippen LogP contribution in [0.1, 0.15) is 58.8 Å². The highest BCUT2D eigenvalue weighted by atomic mass is 16.5. The lowest BCUT2D eigenvalue weighted by Gasteiger charge is -2.18. The summed E-state index contributed by atoms with van der Waals surface area (Å²) in [6.45, 7) is 9.47. The number of ether oxygens (including phenoxy) is 2. The number of carbonyl (C=O) groups excluding carboxylic acids is 1. The number of unbranched alkanes of at least 4 members (excludes halogenated alkanes) is 4. The van der Waals surface area contributed by atoms with Crippen LogP contribution in [-0.2, 0) is 14.3 Å². The first-order valence-electron chi connectivity index (χ1n) is 8.64. The third-order valence-electron chi connectivity index (χ3n) is 5.02. The van der Waals surface area contributed by atoms with Gasteiger partial charge in [0.05, 0.1) is 25.2 Å². The van der Waals surface area contributed by atoms with Gasteiger partial charge in [-0.3, -0.25) is 4.79 Å². The lowest BCUT2D eigenvalue weighted by atomic mass is 9.86. The number of rotatable bonds is 8. The fraction of sp³-hybridized carbons (Fsp3) is 0.833. The molecule has 0 radical (unpaired) electrons. The molecule has 120 valence electrons. The highest BCUT2D eigenvalue weighted by Crippen LogP contribution is 2.48. The van der Waals surface area contributed by atoms with Gasteiger partial charge in [0.2, 0.25) is 0 Å². The smallest absolute Gasteiger partial charge is 0.309 e. The number of esters is 1. The summed E-state index contributed by atoms with van der Waals surface area (Å²) in [5, 5.41) is 0. The summed E-state index contributed by atoms with van der Waals surface area (Å²) in [4.78, 5) is 12.1. The van der Waals surface area contributed by atoms with E-state index in [1.165, 1.54) is 37.7 Å². The Balaban J connectivity index is 1.83. The van der Waals surface area contributed by atoms with Gasteiger partial charge in [-0.25, -0.2) is 0 Å². The highest BCUT2D eigenvalue weighted by molar-refractivity contribution is 5.74. The van der Waals surface area contributed by atoms with Crippen LogP contribution in [0.2, 0.25) is 0 Å². The molecule has 1 aliphatic carbocycles. The summed E-state index contributed by atoms with van der Waals surface area (Å²) in [6.07, 6.45) is 8.64. The van der Waals surface area contributed by atoms with Crippen molar-refractivity contribution < 1.29 is 14.3 Å². The van der Waals surface area contributed by atoms with E-state index in [9.17, 15) is 4.79 Å². The van der Waals surface area contributed by atoms with E-state index in [1.54, 1.807) is 0 Å². The van der Waals surface area contributed by atoms with Crippen LogP contribution in [0.15, 0.2) is 12.2 Å². The van der Waals surface area contributed by atoms with Gasteiger partial charge in [-0.2, -0.15) is 0 Å². The molecule has 1 heterocycles. The van der Waals surface area contributed by atoms with Gasteiger partial charge in [0.15, 0.2) is 0 Å². The maximum Gasteiger partial charge on any atom is 0.309 e. The molecule has 0 unspecified atom stereocenters. The van der Waals surface area contributed by atoms with Gasteiger partial charge in [-0.05, 0) is 19.8 Å². The standard InChI is InChI=1S/C18H30O3/c1-4-6-7-8-9-10-16-17-13(3)11-14(15(17)12-21-16)18(19)20-5-2/h14-17H,3-12H2,1-2H3/t14-,15-,16+,17+/m1/s1. The number of carbonyl (C=O) groups is 1. The molecule has 0 aromatic heterocycles. The minimum absolute atomic E-state index is 0.0208. The quantitative estimate of drug-likeness (QED) is 0.384. The van der Waals surface area contributed by atoms with E-state index in [2.05, 4.69) is 13.5 Å². The zero-order valence-electron chi connectivity index (χ0n) is 13.6. The molecule has 1 saturated carbocycles. The van der Waals surface area contributed by atoms with Crippen LogP contribution in [0.25, 0.3) is 0 Å². The first-order valence-corrected chi connectivity index (χ1v) is 8.64. The number of fused-ring (bicyclic) bond motifs is 1. The fourth-order valence-electron chi connectivity index (χ4n) is 3.94. The van der Waals surface area contributed by atoms with Gasteiger partial charge < -0.3 is 9.47 Å². The van der Waals surface area contributed by atoms with Crippen LogP contribution >= 0.6 is 0 Å². The van der Waals surface area contributed by atoms with Crippen molar-refractivity contribution in [1.29, 1.82) is 0 Å². The van der Waals surface area contributed by atoms with Gasteiger partial charge in [0.25, 0.3) is 0 Å². The summed E-state index contributed by atoms with van der Waals surface area (Å²) >= 11 is 0. The van der Waals surface area contributed by atoms with Crippen molar-refractivity contribution in [1.82, 2.24) is 0 Å². The predicted octanol–water partition coefficient (Wildman–Crippen LogP) is 4.12. The molecule has 3 heteroatoms. The molecule has 0 spiro atoms. The molecule has 2 aliphatic rings. The van der Waals surface area contributed by atoms with E-state index in [0.717, 1.165) is 12.8 Å². The van der Waals surface area contributed by atoms with Crippen molar-refractivity contribution in [2.24, 2.45) is 17.8 Å². The van der Waals surface area contributed by atoms with Crippen molar-refractivity contribution in [3.63, 3.8) is 0 Å². The lowest BCUT2D eigenvalue weighted by molar-refractivity contribution is -0.149. The Hall–Kier alpha value is -0.830. The van der Waals surface area contributed by atoms with E-state index >= 15 is 0 Å². The van der Waals surface area contributed by atoms with Crippen LogP contribution in [-0.4, -0.2) is 25.3 Å². The topological polar surface area (TPSA) is 35.5 Å². The first-order chi connectivity index (χ1) is 10.2. The van der Waals surface area contributed by atoms with Gasteiger partial charge in [0.1, 0.15) is 0 Å². The maximum absolute atomic E-state index is 12.1. The minimum Gasteiger partial charge on any atom is -0.466 e. The van der Waals surface area contributed by atoms with Crippen LogP contribution in [0.3, 0.4) is 0 Å². The van der Waals surface area contributed by atoms with Gasteiger partial charge in [-0.1, -0.05) is 51.2 Å². The fourth-order valence-corrected chi connectivity index (χ4v) is 3.94. The van der Waals surface area contributed by atoms with Crippen LogP contribution in [0.5, 0.6) is 0 Å². The molecule has 21 heavy (non-hydrogen) atoms. The Labute approximate surface area is 129 Å². The second-order valence-corrected chi connectivity index (χ2v) is 6.49. The Kier molecular flexibility index (Phi) is 6.28.